The first kappa shape index (κ1) is 15.1. The van der Waals surface area contributed by atoms with Crippen molar-refractivity contribution in [1.82, 2.24) is 25.2 Å². The third kappa shape index (κ3) is 3.73. The van der Waals surface area contributed by atoms with Crippen LogP contribution in [0.5, 0.6) is 5.75 Å². The SMILES string of the molecule is c1ccc(COc2ccc(CSc3nnnn3C3CC3)cc2)nc1. The van der Waals surface area contributed by atoms with Crippen molar-refractivity contribution >= 4 is 11.8 Å². The maximum atomic E-state index is 5.75. The van der Waals surface area contributed by atoms with Gasteiger partial charge in [-0.1, -0.05) is 30.0 Å². The van der Waals surface area contributed by atoms with Crippen molar-refractivity contribution in [1.29, 1.82) is 0 Å². The summed E-state index contributed by atoms with van der Waals surface area (Å²) in [5.41, 5.74) is 2.14. The zero-order chi connectivity index (χ0) is 16.2. The molecule has 0 saturated heterocycles. The van der Waals surface area contributed by atoms with Gasteiger partial charge in [0.2, 0.25) is 5.16 Å². The third-order valence-corrected chi connectivity index (χ3v) is 4.76. The number of hydrogen-bond acceptors (Lipinski definition) is 6. The number of tetrazole rings is 1. The minimum absolute atomic E-state index is 0.477. The average molecular weight is 339 g/mol. The van der Waals surface area contributed by atoms with E-state index in [1.807, 2.05) is 35.0 Å². The second-order valence-electron chi connectivity index (χ2n) is 5.68. The van der Waals surface area contributed by atoms with Gasteiger partial charge in [0, 0.05) is 11.9 Å². The molecule has 0 unspecified atom stereocenters. The molecule has 2 heterocycles. The Kier molecular flexibility index (Phi) is 4.42. The number of nitrogens with zero attached hydrogens (tertiary/aromatic N) is 5. The minimum atomic E-state index is 0.477. The number of aromatic nitrogens is 5. The largest absolute Gasteiger partial charge is 0.487 e. The van der Waals surface area contributed by atoms with Gasteiger partial charge in [0.25, 0.3) is 0 Å². The molecular formula is C17H17N5OS. The van der Waals surface area contributed by atoms with Gasteiger partial charge in [-0.3, -0.25) is 4.98 Å². The van der Waals surface area contributed by atoms with Gasteiger partial charge in [-0.25, -0.2) is 4.68 Å². The van der Waals surface area contributed by atoms with Gasteiger partial charge in [-0.05, 0) is 53.1 Å². The molecule has 3 aromatic rings. The molecular weight excluding hydrogens is 322 g/mol. The van der Waals surface area contributed by atoms with Crippen LogP contribution in [0.2, 0.25) is 0 Å². The molecule has 0 atom stereocenters. The first-order chi connectivity index (χ1) is 11.9. The van der Waals surface area contributed by atoms with E-state index in [0.717, 1.165) is 22.4 Å². The molecule has 1 fully saturated rings. The van der Waals surface area contributed by atoms with Crippen LogP contribution in [0.15, 0.2) is 53.8 Å². The second-order valence-corrected chi connectivity index (χ2v) is 6.62. The molecule has 0 aliphatic heterocycles. The molecule has 1 aliphatic rings. The monoisotopic (exact) mass is 339 g/mol. The normalized spacial score (nSPS) is 13.8. The van der Waals surface area contributed by atoms with Gasteiger partial charge >= 0.3 is 0 Å². The summed E-state index contributed by atoms with van der Waals surface area (Å²) in [7, 11) is 0. The highest BCUT2D eigenvalue weighted by Crippen LogP contribution is 2.36. The van der Waals surface area contributed by atoms with Crippen molar-refractivity contribution in [3.05, 3.63) is 59.9 Å². The zero-order valence-electron chi connectivity index (χ0n) is 13.1. The van der Waals surface area contributed by atoms with E-state index in [1.165, 1.54) is 18.4 Å². The van der Waals surface area contributed by atoms with E-state index in [4.69, 9.17) is 4.74 Å². The summed E-state index contributed by atoms with van der Waals surface area (Å²) in [6.45, 7) is 0.477. The molecule has 1 aliphatic carbocycles. The molecule has 2 aromatic heterocycles. The van der Waals surface area contributed by atoms with Gasteiger partial charge in [0.1, 0.15) is 12.4 Å². The van der Waals surface area contributed by atoms with Crippen LogP contribution in [0.4, 0.5) is 0 Å². The number of rotatable bonds is 7. The Balaban J connectivity index is 1.31. The first-order valence-corrected chi connectivity index (χ1v) is 8.89. The molecule has 7 heteroatoms. The fourth-order valence-corrected chi connectivity index (χ4v) is 3.20. The van der Waals surface area contributed by atoms with Crippen LogP contribution >= 0.6 is 11.8 Å². The lowest BCUT2D eigenvalue weighted by Gasteiger charge is -2.07. The molecule has 122 valence electrons. The van der Waals surface area contributed by atoms with Gasteiger partial charge in [-0.2, -0.15) is 0 Å². The predicted molar refractivity (Wildman–Crippen MR) is 90.7 cm³/mol. The van der Waals surface area contributed by atoms with E-state index < -0.39 is 0 Å². The zero-order valence-corrected chi connectivity index (χ0v) is 13.9. The third-order valence-electron chi connectivity index (χ3n) is 3.76. The van der Waals surface area contributed by atoms with Crippen LogP contribution in [0.3, 0.4) is 0 Å². The molecule has 24 heavy (non-hydrogen) atoms. The molecule has 0 amide bonds. The van der Waals surface area contributed by atoms with Crippen molar-refractivity contribution in [2.45, 2.75) is 36.4 Å². The number of thioether (sulfide) groups is 1. The van der Waals surface area contributed by atoms with E-state index in [2.05, 4.69) is 32.6 Å². The highest BCUT2D eigenvalue weighted by molar-refractivity contribution is 7.98. The summed E-state index contributed by atoms with van der Waals surface area (Å²) in [6, 6.07) is 14.4. The lowest BCUT2D eigenvalue weighted by Crippen LogP contribution is -1.99. The fourth-order valence-electron chi connectivity index (χ4n) is 2.30. The first-order valence-electron chi connectivity index (χ1n) is 7.91. The Morgan fingerprint density at radius 2 is 2.00 bits per heavy atom. The number of hydrogen-bond donors (Lipinski definition) is 0. The Labute approximate surface area is 144 Å². The lowest BCUT2D eigenvalue weighted by atomic mass is 10.2. The number of ether oxygens (including phenoxy) is 1. The quantitative estimate of drug-likeness (QED) is 0.616. The Hall–Kier alpha value is -2.41. The Bertz CT molecular complexity index is 786. The van der Waals surface area contributed by atoms with Gasteiger partial charge in [0.15, 0.2) is 0 Å². The maximum absolute atomic E-state index is 5.75. The Morgan fingerprint density at radius 1 is 1.12 bits per heavy atom. The van der Waals surface area contributed by atoms with Crippen LogP contribution in [-0.4, -0.2) is 25.2 Å². The molecule has 0 N–H and O–H groups in total. The van der Waals surface area contributed by atoms with Gasteiger partial charge in [-0.15, -0.1) is 5.10 Å². The predicted octanol–water partition coefficient (Wildman–Crippen LogP) is 3.27. The van der Waals surface area contributed by atoms with Gasteiger partial charge < -0.3 is 4.74 Å². The van der Waals surface area contributed by atoms with Crippen molar-refractivity contribution in [3.63, 3.8) is 0 Å². The molecule has 0 bridgehead atoms. The van der Waals surface area contributed by atoms with E-state index in [1.54, 1.807) is 18.0 Å². The van der Waals surface area contributed by atoms with Crippen molar-refractivity contribution in [3.8, 4) is 5.75 Å². The highest BCUT2D eigenvalue weighted by atomic mass is 32.2. The smallest absolute Gasteiger partial charge is 0.209 e. The van der Waals surface area contributed by atoms with E-state index in [0.29, 0.717) is 12.6 Å². The lowest BCUT2D eigenvalue weighted by molar-refractivity contribution is 0.301. The fraction of sp³-hybridized carbons (Fsp3) is 0.294. The topological polar surface area (TPSA) is 65.7 Å². The molecule has 4 rings (SSSR count). The van der Waals surface area contributed by atoms with E-state index >= 15 is 0 Å². The average Bonchev–Trinajstić information content (AvgIpc) is 3.38. The molecule has 0 spiro atoms. The van der Waals surface area contributed by atoms with E-state index in [9.17, 15) is 0 Å². The molecule has 6 nitrogen and oxygen atoms in total. The summed E-state index contributed by atoms with van der Waals surface area (Å²) in [4.78, 5) is 4.25. The summed E-state index contributed by atoms with van der Waals surface area (Å²) in [5, 5.41) is 12.8. The van der Waals surface area contributed by atoms with E-state index in [-0.39, 0.29) is 0 Å². The highest BCUT2D eigenvalue weighted by Gasteiger charge is 2.27. The van der Waals surface area contributed by atoms with Crippen molar-refractivity contribution < 1.29 is 4.74 Å². The molecule has 0 radical (unpaired) electrons. The summed E-state index contributed by atoms with van der Waals surface area (Å²) in [6.07, 6.45) is 4.13. The minimum Gasteiger partial charge on any atom is -0.487 e. The summed E-state index contributed by atoms with van der Waals surface area (Å²) >= 11 is 1.67. The maximum Gasteiger partial charge on any atom is 0.209 e. The molecule has 1 aromatic carbocycles. The second kappa shape index (κ2) is 7.00. The van der Waals surface area contributed by atoms with Gasteiger partial charge in [0.05, 0.1) is 11.7 Å². The van der Waals surface area contributed by atoms with Crippen molar-refractivity contribution in [2.24, 2.45) is 0 Å². The van der Waals surface area contributed by atoms with Crippen LogP contribution in [0.1, 0.15) is 30.1 Å². The van der Waals surface area contributed by atoms with Crippen LogP contribution in [-0.2, 0) is 12.4 Å². The summed E-state index contributed by atoms with van der Waals surface area (Å²) < 4.78 is 7.69. The molecule has 1 saturated carbocycles. The van der Waals surface area contributed by atoms with Crippen LogP contribution < -0.4 is 4.74 Å². The number of pyridine rings is 1. The van der Waals surface area contributed by atoms with Crippen LogP contribution in [0.25, 0.3) is 0 Å². The summed E-state index contributed by atoms with van der Waals surface area (Å²) in [5.74, 6) is 1.69. The standard InChI is InChI=1S/C17H17N5OS/c1-2-10-18-14(3-1)11-23-16-8-4-13(5-9-16)12-24-17-19-20-21-22(17)15-6-7-15/h1-5,8-10,15H,6-7,11-12H2. The van der Waals surface area contributed by atoms with Crippen LogP contribution in [0, 0.1) is 0 Å². The Morgan fingerprint density at radius 3 is 2.75 bits per heavy atom. The number of benzene rings is 1. The van der Waals surface area contributed by atoms with Crippen molar-refractivity contribution in [2.75, 3.05) is 0 Å².